The number of fused-ring (bicyclic) bond motifs is 5. The Morgan fingerprint density at radius 3 is 2.29 bits per heavy atom. The van der Waals surface area contributed by atoms with Gasteiger partial charge in [-0.05, 0) is 60.7 Å². The summed E-state index contributed by atoms with van der Waals surface area (Å²) < 4.78 is 4.52. The Morgan fingerprint density at radius 1 is 0.588 bits per heavy atom. The van der Waals surface area contributed by atoms with Crippen molar-refractivity contribution in [3.8, 4) is 22.8 Å². The van der Waals surface area contributed by atoms with Crippen molar-refractivity contribution in [2.45, 2.75) is 0 Å². The van der Waals surface area contributed by atoms with E-state index in [0.29, 0.717) is 0 Å². The zero-order chi connectivity index (χ0) is 22.5. The highest BCUT2D eigenvalue weighted by molar-refractivity contribution is 6.21. The quantitative estimate of drug-likeness (QED) is 0.294. The molecule has 0 saturated heterocycles. The van der Waals surface area contributed by atoms with E-state index in [2.05, 4.69) is 99.2 Å². The molecule has 0 saturated carbocycles. The Balaban J connectivity index is 1.52. The molecule has 4 nitrogen and oxygen atoms in total. The Bertz CT molecular complexity index is 1790. The standard InChI is InChI=1S/C30H20N4/c1-2-9-22(10-3-1)33-19-17-24-26(33)15-16-28-30(24)23-11-4-5-13-27(23)34(28)29-14-6-12-25(32-29)21-8-7-18-31-20-21/h1-20H. The van der Waals surface area contributed by atoms with E-state index >= 15 is 0 Å². The van der Waals surface area contributed by atoms with Crippen LogP contribution in [0, 0.1) is 0 Å². The molecule has 0 unspecified atom stereocenters. The van der Waals surface area contributed by atoms with Gasteiger partial charge in [-0.1, -0.05) is 42.5 Å². The highest BCUT2D eigenvalue weighted by Gasteiger charge is 2.17. The molecule has 4 aromatic heterocycles. The van der Waals surface area contributed by atoms with Crippen LogP contribution < -0.4 is 0 Å². The van der Waals surface area contributed by atoms with Crippen LogP contribution in [0.4, 0.5) is 0 Å². The smallest absolute Gasteiger partial charge is 0.138 e. The predicted octanol–water partition coefficient (Wildman–Crippen LogP) is 7.18. The Morgan fingerprint density at radius 2 is 1.41 bits per heavy atom. The largest absolute Gasteiger partial charge is 0.317 e. The second-order valence-corrected chi connectivity index (χ2v) is 8.39. The summed E-state index contributed by atoms with van der Waals surface area (Å²) in [5, 5.41) is 3.71. The summed E-state index contributed by atoms with van der Waals surface area (Å²) in [6, 6.07) is 35.9. The molecule has 7 rings (SSSR count). The van der Waals surface area contributed by atoms with Gasteiger partial charge < -0.3 is 4.57 Å². The number of hydrogen-bond acceptors (Lipinski definition) is 2. The third kappa shape index (κ3) is 2.79. The number of rotatable bonds is 3. The van der Waals surface area contributed by atoms with Crippen molar-refractivity contribution in [1.29, 1.82) is 0 Å². The molecule has 0 atom stereocenters. The molecule has 0 radical (unpaired) electrons. The molecule has 0 fully saturated rings. The fraction of sp³-hybridized carbons (Fsp3) is 0. The molecule has 34 heavy (non-hydrogen) atoms. The highest BCUT2D eigenvalue weighted by atomic mass is 15.1. The number of para-hydroxylation sites is 2. The van der Waals surface area contributed by atoms with E-state index in [9.17, 15) is 0 Å². The van der Waals surface area contributed by atoms with Crippen molar-refractivity contribution in [1.82, 2.24) is 19.1 Å². The molecule has 0 aliphatic carbocycles. The summed E-state index contributed by atoms with van der Waals surface area (Å²) in [4.78, 5) is 9.30. The summed E-state index contributed by atoms with van der Waals surface area (Å²) >= 11 is 0. The maximum atomic E-state index is 5.04. The lowest BCUT2D eigenvalue weighted by Gasteiger charge is -2.09. The minimum Gasteiger partial charge on any atom is -0.317 e. The van der Waals surface area contributed by atoms with Crippen LogP contribution in [0.1, 0.15) is 0 Å². The average Bonchev–Trinajstić information content (AvgIpc) is 3.49. The van der Waals surface area contributed by atoms with E-state index in [1.807, 2.05) is 30.5 Å². The normalized spacial score (nSPS) is 11.5. The lowest BCUT2D eigenvalue weighted by molar-refractivity contribution is 1.08. The average molecular weight is 437 g/mol. The van der Waals surface area contributed by atoms with E-state index in [0.717, 1.165) is 33.8 Å². The maximum absolute atomic E-state index is 5.04. The minimum atomic E-state index is 0.898. The fourth-order valence-corrected chi connectivity index (χ4v) is 4.97. The number of pyridine rings is 2. The van der Waals surface area contributed by atoms with Crippen LogP contribution in [0.5, 0.6) is 0 Å². The van der Waals surface area contributed by atoms with Crippen molar-refractivity contribution in [3.05, 3.63) is 122 Å². The summed E-state index contributed by atoms with van der Waals surface area (Å²) in [7, 11) is 0. The summed E-state index contributed by atoms with van der Waals surface area (Å²) in [6.07, 6.45) is 5.80. The molecular formula is C30H20N4. The number of benzene rings is 3. The topological polar surface area (TPSA) is 35.6 Å². The van der Waals surface area contributed by atoms with Gasteiger partial charge in [0.05, 0.1) is 22.2 Å². The Hall–Kier alpha value is -4.70. The van der Waals surface area contributed by atoms with Gasteiger partial charge in [0, 0.05) is 46.0 Å². The molecule has 3 aromatic carbocycles. The van der Waals surface area contributed by atoms with Crippen molar-refractivity contribution >= 4 is 32.7 Å². The first kappa shape index (κ1) is 18.8. The Labute approximate surface area is 196 Å². The van der Waals surface area contributed by atoms with E-state index in [1.54, 1.807) is 6.20 Å². The van der Waals surface area contributed by atoms with Gasteiger partial charge in [0.15, 0.2) is 0 Å². The lowest BCUT2D eigenvalue weighted by Crippen LogP contribution is -1.98. The van der Waals surface area contributed by atoms with Crippen LogP contribution in [0.15, 0.2) is 122 Å². The molecule has 0 aliphatic rings. The van der Waals surface area contributed by atoms with Crippen LogP contribution in [-0.2, 0) is 0 Å². The van der Waals surface area contributed by atoms with Crippen molar-refractivity contribution < 1.29 is 0 Å². The van der Waals surface area contributed by atoms with Crippen LogP contribution in [0.25, 0.3) is 55.5 Å². The molecule has 4 heteroatoms. The molecule has 0 N–H and O–H groups in total. The number of nitrogens with zero attached hydrogens (tertiary/aromatic N) is 4. The lowest BCUT2D eigenvalue weighted by atomic mass is 10.1. The zero-order valence-electron chi connectivity index (χ0n) is 18.3. The van der Waals surface area contributed by atoms with Crippen molar-refractivity contribution in [2.24, 2.45) is 0 Å². The molecule has 4 heterocycles. The molecule has 0 amide bonds. The second-order valence-electron chi connectivity index (χ2n) is 8.39. The van der Waals surface area contributed by atoms with E-state index in [-0.39, 0.29) is 0 Å². The van der Waals surface area contributed by atoms with Gasteiger partial charge in [0.25, 0.3) is 0 Å². The number of aromatic nitrogens is 4. The van der Waals surface area contributed by atoms with E-state index in [4.69, 9.17) is 4.98 Å². The van der Waals surface area contributed by atoms with Crippen LogP contribution in [-0.4, -0.2) is 19.1 Å². The van der Waals surface area contributed by atoms with Crippen LogP contribution >= 0.6 is 0 Å². The molecule has 160 valence electrons. The predicted molar refractivity (Wildman–Crippen MR) is 139 cm³/mol. The summed E-state index contributed by atoms with van der Waals surface area (Å²) in [5.41, 5.74) is 6.56. The fourth-order valence-electron chi connectivity index (χ4n) is 4.97. The molecule has 0 aliphatic heterocycles. The van der Waals surface area contributed by atoms with Crippen LogP contribution in [0.3, 0.4) is 0 Å². The highest BCUT2D eigenvalue weighted by Crippen LogP contribution is 2.37. The molecular weight excluding hydrogens is 416 g/mol. The molecule has 7 aromatic rings. The SMILES string of the molecule is c1ccc(-n2ccc3c4c5ccccc5n(-c5cccc(-c6cccnc6)n5)c4ccc32)cc1. The van der Waals surface area contributed by atoms with Gasteiger partial charge in [0.1, 0.15) is 5.82 Å². The monoisotopic (exact) mass is 436 g/mol. The van der Waals surface area contributed by atoms with Gasteiger partial charge in [0.2, 0.25) is 0 Å². The minimum absolute atomic E-state index is 0.898. The van der Waals surface area contributed by atoms with Gasteiger partial charge in [-0.3, -0.25) is 9.55 Å². The van der Waals surface area contributed by atoms with Crippen molar-refractivity contribution in [3.63, 3.8) is 0 Å². The third-order valence-electron chi connectivity index (χ3n) is 6.46. The summed E-state index contributed by atoms with van der Waals surface area (Å²) in [6.45, 7) is 0. The summed E-state index contributed by atoms with van der Waals surface area (Å²) in [5.74, 6) is 0.898. The first-order valence-electron chi connectivity index (χ1n) is 11.3. The molecule has 0 spiro atoms. The zero-order valence-corrected chi connectivity index (χ0v) is 18.3. The van der Waals surface area contributed by atoms with Gasteiger partial charge in [-0.15, -0.1) is 0 Å². The van der Waals surface area contributed by atoms with E-state index < -0.39 is 0 Å². The first-order valence-corrected chi connectivity index (χ1v) is 11.3. The third-order valence-corrected chi connectivity index (χ3v) is 6.46. The van der Waals surface area contributed by atoms with Gasteiger partial charge >= 0.3 is 0 Å². The number of hydrogen-bond donors (Lipinski definition) is 0. The van der Waals surface area contributed by atoms with Crippen molar-refractivity contribution in [2.75, 3.05) is 0 Å². The van der Waals surface area contributed by atoms with Crippen LogP contribution in [0.2, 0.25) is 0 Å². The Kier molecular flexibility index (Phi) is 4.11. The molecule has 0 bridgehead atoms. The van der Waals surface area contributed by atoms with Gasteiger partial charge in [-0.2, -0.15) is 0 Å². The van der Waals surface area contributed by atoms with Gasteiger partial charge in [-0.25, -0.2) is 4.98 Å². The maximum Gasteiger partial charge on any atom is 0.138 e. The van der Waals surface area contributed by atoms with E-state index in [1.165, 1.54) is 21.7 Å². The second kappa shape index (κ2) is 7.42. The first-order chi connectivity index (χ1) is 16.9.